The lowest BCUT2D eigenvalue weighted by molar-refractivity contribution is -0.113. The Morgan fingerprint density at radius 2 is 1.92 bits per heavy atom. The van der Waals surface area contributed by atoms with Crippen molar-refractivity contribution in [1.29, 1.82) is 0 Å². The summed E-state index contributed by atoms with van der Waals surface area (Å²) >= 11 is 12.9. The molecule has 3 rings (SSSR count). The van der Waals surface area contributed by atoms with Crippen LogP contribution >= 0.6 is 35.6 Å². The molecule has 0 N–H and O–H groups in total. The van der Waals surface area contributed by atoms with Crippen LogP contribution in [0, 0.1) is 6.92 Å². The molecule has 1 saturated heterocycles. The number of thiocarbonyl (C=S) groups is 1. The van der Waals surface area contributed by atoms with Crippen LogP contribution in [0.3, 0.4) is 0 Å². The van der Waals surface area contributed by atoms with Crippen LogP contribution in [0.2, 0.25) is 5.02 Å². The number of benzene rings is 2. The highest BCUT2D eigenvalue weighted by Crippen LogP contribution is 2.40. The molecule has 4 nitrogen and oxygen atoms in total. The fraction of sp³-hybridized carbons (Fsp3) is 0.158. The number of nitrogens with zero attached hydrogens (tertiary/aromatic N) is 1. The van der Waals surface area contributed by atoms with Crippen LogP contribution < -0.4 is 14.4 Å². The van der Waals surface area contributed by atoms with E-state index in [0.717, 1.165) is 16.8 Å². The Morgan fingerprint density at radius 1 is 1.19 bits per heavy atom. The first-order valence-corrected chi connectivity index (χ1v) is 9.31. The van der Waals surface area contributed by atoms with Gasteiger partial charge >= 0.3 is 0 Å². The zero-order valence-electron chi connectivity index (χ0n) is 14.4. The molecule has 0 spiro atoms. The standard InChI is InChI=1S/C19H16ClNO3S2/c1-11-6-4-5-7-14(11)21-18(22)16(26-19(21)25)10-12-8-13(20)17(24-3)15(9-12)23-2/h4-10H,1-3H3/b16-10+. The number of carbonyl (C=O) groups excluding carboxylic acids is 1. The molecule has 26 heavy (non-hydrogen) atoms. The summed E-state index contributed by atoms with van der Waals surface area (Å²) in [7, 11) is 3.06. The highest BCUT2D eigenvalue weighted by Gasteiger charge is 2.34. The number of ether oxygens (including phenoxy) is 2. The number of thioether (sulfide) groups is 1. The van der Waals surface area contributed by atoms with Crippen molar-refractivity contribution in [1.82, 2.24) is 0 Å². The Bertz CT molecular complexity index is 927. The molecule has 1 fully saturated rings. The predicted octanol–water partition coefficient (Wildman–Crippen LogP) is 5.07. The van der Waals surface area contributed by atoms with Gasteiger partial charge in [-0.2, -0.15) is 0 Å². The molecule has 0 unspecified atom stereocenters. The lowest BCUT2D eigenvalue weighted by Crippen LogP contribution is -2.28. The van der Waals surface area contributed by atoms with Gasteiger partial charge < -0.3 is 9.47 Å². The maximum atomic E-state index is 12.9. The smallest absolute Gasteiger partial charge is 0.270 e. The van der Waals surface area contributed by atoms with Crippen LogP contribution in [0.4, 0.5) is 5.69 Å². The molecular weight excluding hydrogens is 390 g/mol. The fourth-order valence-corrected chi connectivity index (χ4v) is 4.24. The van der Waals surface area contributed by atoms with Crippen LogP contribution in [-0.2, 0) is 4.79 Å². The van der Waals surface area contributed by atoms with Crippen LogP contribution in [0.15, 0.2) is 41.3 Å². The summed E-state index contributed by atoms with van der Waals surface area (Å²) in [6, 6.07) is 11.1. The molecule has 1 heterocycles. The van der Waals surface area contributed by atoms with Gasteiger partial charge in [0.2, 0.25) is 0 Å². The zero-order chi connectivity index (χ0) is 18.8. The van der Waals surface area contributed by atoms with Gasteiger partial charge in [-0.15, -0.1) is 0 Å². The van der Waals surface area contributed by atoms with Gasteiger partial charge in [0, 0.05) is 0 Å². The number of rotatable bonds is 4. The largest absolute Gasteiger partial charge is 0.493 e. The van der Waals surface area contributed by atoms with Crippen LogP contribution in [0.5, 0.6) is 11.5 Å². The SMILES string of the molecule is COc1cc(/C=C2/SC(=S)N(c3ccccc3C)C2=O)cc(Cl)c1OC. The third-order valence-electron chi connectivity index (χ3n) is 3.90. The quantitative estimate of drug-likeness (QED) is 0.524. The second kappa shape index (κ2) is 7.70. The molecule has 134 valence electrons. The summed E-state index contributed by atoms with van der Waals surface area (Å²) in [6.07, 6.45) is 1.76. The number of hydrogen-bond acceptors (Lipinski definition) is 5. The summed E-state index contributed by atoms with van der Waals surface area (Å²) < 4.78 is 11.1. The molecular formula is C19H16ClNO3S2. The zero-order valence-corrected chi connectivity index (χ0v) is 16.8. The van der Waals surface area contributed by atoms with Crippen molar-refractivity contribution in [3.8, 4) is 11.5 Å². The van der Waals surface area contributed by atoms with Crippen molar-refractivity contribution >= 4 is 57.6 Å². The molecule has 0 aliphatic carbocycles. The van der Waals surface area contributed by atoms with E-state index in [4.69, 9.17) is 33.3 Å². The molecule has 1 aliphatic heterocycles. The monoisotopic (exact) mass is 405 g/mol. The maximum Gasteiger partial charge on any atom is 0.270 e. The predicted molar refractivity (Wildman–Crippen MR) is 111 cm³/mol. The van der Waals surface area contributed by atoms with Crippen molar-refractivity contribution < 1.29 is 14.3 Å². The Hall–Kier alpha value is -2.02. The number of para-hydroxylation sites is 1. The highest BCUT2D eigenvalue weighted by atomic mass is 35.5. The van der Waals surface area contributed by atoms with Crippen molar-refractivity contribution in [2.75, 3.05) is 19.1 Å². The average Bonchev–Trinajstić information content (AvgIpc) is 2.88. The number of amides is 1. The van der Waals surface area contributed by atoms with E-state index in [0.29, 0.717) is 25.7 Å². The van der Waals surface area contributed by atoms with Gasteiger partial charge in [-0.05, 0) is 42.3 Å². The molecule has 0 atom stereocenters. The minimum absolute atomic E-state index is 0.153. The number of methoxy groups -OCH3 is 2. The maximum absolute atomic E-state index is 12.9. The van der Waals surface area contributed by atoms with E-state index < -0.39 is 0 Å². The van der Waals surface area contributed by atoms with Gasteiger partial charge in [0.15, 0.2) is 15.8 Å². The van der Waals surface area contributed by atoms with E-state index in [1.165, 1.54) is 26.0 Å². The first kappa shape index (κ1) is 18.8. The Morgan fingerprint density at radius 3 is 2.58 bits per heavy atom. The van der Waals surface area contributed by atoms with Crippen LogP contribution in [0.25, 0.3) is 6.08 Å². The van der Waals surface area contributed by atoms with E-state index in [2.05, 4.69) is 0 Å². The Labute approximate surface area is 166 Å². The Balaban J connectivity index is 1.99. The summed E-state index contributed by atoms with van der Waals surface area (Å²) in [6.45, 7) is 1.95. The number of halogens is 1. The topological polar surface area (TPSA) is 38.8 Å². The van der Waals surface area contributed by atoms with E-state index in [9.17, 15) is 4.79 Å². The van der Waals surface area contributed by atoms with Crippen molar-refractivity contribution in [3.63, 3.8) is 0 Å². The summed E-state index contributed by atoms with van der Waals surface area (Å²) in [5.74, 6) is 0.805. The molecule has 2 aromatic carbocycles. The van der Waals surface area contributed by atoms with Crippen molar-refractivity contribution in [2.24, 2.45) is 0 Å². The normalized spacial score (nSPS) is 15.7. The first-order chi connectivity index (χ1) is 12.5. The van der Waals surface area contributed by atoms with Gasteiger partial charge in [0.1, 0.15) is 0 Å². The summed E-state index contributed by atoms with van der Waals surface area (Å²) in [5.41, 5.74) is 2.51. The van der Waals surface area contributed by atoms with Gasteiger partial charge in [0.05, 0.1) is 29.8 Å². The highest BCUT2D eigenvalue weighted by molar-refractivity contribution is 8.27. The number of aryl methyl sites for hydroxylation is 1. The van der Waals surface area contributed by atoms with Crippen LogP contribution in [0.1, 0.15) is 11.1 Å². The number of hydrogen-bond donors (Lipinski definition) is 0. The number of anilines is 1. The van der Waals surface area contributed by atoms with Gasteiger partial charge in [-0.1, -0.05) is 53.8 Å². The lowest BCUT2D eigenvalue weighted by Gasteiger charge is -2.16. The molecule has 1 aliphatic rings. The third kappa shape index (κ3) is 3.45. The third-order valence-corrected chi connectivity index (χ3v) is 5.49. The molecule has 0 radical (unpaired) electrons. The van der Waals surface area contributed by atoms with Gasteiger partial charge in [0.25, 0.3) is 5.91 Å². The molecule has 1 amide bonds. The van der Waals surface area contributed by atoms with E-state index in [-0.39, 0.29) is 5.91 Å². The Kier molecular flexibility index (Phi) is 5.55. The lowest BCUT2D eigenvalue weighted by atomic mass is 10.1. The minimum atomic E-state index is -0.153. The second-order valence-electron chi connectivity index (χ2n) is 5.54. The summed E-state index contributed by atoms with van der Waals surface area (Å²) in [4.78, 5) is 15.0. The fourth-order valence-electron chi connectivity index (χ4n) is 2.66. The molecule has 0 aromatic heterocycles. The van der Waals surface area contributed by atoms with Gasteiger partial charge in [-0.25, -0.2) is 0 Å². The molecule has 7 heteroatoms. The van der Waals surface area contributed by atoms with Gasteiger partial charge in [-0.3, -0.25) is 9.69 Å². The van der Waals surface area contributed by atoms with E-state index in [1.807, 2.05) is 31.2 Å². The van der Waals surface area contributed by atoms with Crippen molar-refractivity contribution in [3.05, 3.63) is 57.5 Å². The second-order valence-corrected chi connectivity index (χ2v) is 7.62. The molecule has 0 bridgehead atoms. The number of carbonyl (C=O) groups is 1. The van der Waals surface area contributed by atoms with E-state index in [1.54, 1.807) is 23.1 Å². The van der Waals surface area contributed by atoms with E-state index >= 15 is 0 Å². The van der Waals surface area contributed by atoms with Crippen LogP contribution in [-0.4, -0.2) is 24.4 Å². The minimum Gasteiger partial charge on any atom is -0.493 e. The molecule has 2 aromatic rings. The van der Waals surface area contributed by atoms with Crippen molar-refractivity contribution in [2.45, 2.75) is 6.92 Å². The summed E-state index contributed by atoms with van der Waals surface area (Å²) in [5, 5.41) is 0.410. The molecule has 0 saturated carbocycles. The average molecular weight is 406 g/mol. The first-order valence-electron chi connectivity index (χ1n) is 7.71.